The van der Waals surface area contributed by atoms with Crippen molar-refractivity contribution in [3.63, 3.8) is 0 Å². The molecule has 1 saturated carbocycles. The summed E-state index contributed by atoms with van der Waals surface area (Å²) in [6.45, 7) is 8.20. The lowest BCUT2D eigenvalue weighted by Crippen LogP contribution is -2.40. The molecule has 0 atom stereocenters. The molecule has 0 bridgehead atoms. The van der Waals surface area contributed by atoms with Crippen LogP contribution in [0, 0.1) is 0 Å². The quantitative estimate of drug-likeness (QED) is 0.375. The van der Waals surface area contributed by atoms with Gasteiger partial charge in [0.05, 0.1) is 12.2 Å². The van der Waals surface area contributed by atoms with Gasteiger partial charge in [0.25, 0.3) is 0 Å². The lowest BCUT2D eigenvalue weighted by molar-refractivity contribution is 0.570. The number of aliphatic imine (C=N–C) groups is 1. The van der Waals surface area contributed by atoms with E-state index in [1.807, 2.05) is 7.05 Å². The van der Waals surface area contributed by atoms with Crippen LogP contribution in [-0.2, 0) is 17.4 Å². The van der Waals surface area contributed by atoms with Crippen molar-refractivity contribution < 1.29 is 0 Å². The van der Waals surface area contributed by atoms with E-state index in [0.29, 0.717) is 6.54 Å². The van der Waals surface area contributed by atoms with Crippen LogP contribution < -0.4 is 10.6 Å². The molecule has 0 radical (unpaired) electrons. The number of nitrogens with zero attached hydrogens (tertiary/aromatic N) is 2. The molecule has 0 spiro atoms. The normalized spacial score (nSPS) is 15.9. The molecule has 0 aliphatic heterocycles. The van der Waals surface area contributed by atoms with Crippen LogP contribution >= 0.6 is 35.3 Å². The summed E-state index contributed by atoms with van der Waals surface area (Å²) in [6.07, 6.45) is 2.48. The average molecular weight is 484 g/mol. The van der Waals surface area contributed by atoms with Gasteiger partial charge in [-0.05, 0) is 18.4 Å². The highest BCUT2D eigenvalue weighted by atomic mass is 127. The fourth-order valence-electron chi connectivity index (χ4n) is 2.88. The number of hydrogen-bond acceptors (Lipinski definition) is 3. The van der Waals surface area contributed by atoms with Crippen LogP contribution in [0.4, 0.5) is 0 Å². The van der Waals surface area contributed by atoms with Crippen LogP contribution in [0.15, 0.2) is 40.7 Å². The minimum Gasteiger partial charge on any atom is -0.356 e. The number of aromatic nitrogens is 1. The van der Waals surface area contributed by atoms with Gasteiger partial charge in [0.2, 0.25) is 0 Å². The van der Waals surface area contributed by atoms with E-state index in [-0.39, 0.29) is 34.8 Å². The van der Waals surface area contributed by atoms with Gasteiger partial charge >= 0.3 is 0 Å². The summed E-state index contributed by atoms with van der Waals surface area (Å²) in [5.74, 6) is 0.842. The molecule has 1 aliphatic carbocycles. The van der Waals surface area contributed by atoms with Crippen LogP contribution in [0.25, 0.3) is 0 Å². The van der Waals surface area contributed by atoms with Crippen molar-refractivity contribution in [3.8, 4) is 0 Å². The zero-order valence-electron chi connectivity index (χ0n) is 16.0. The van der Waals surface area contributed by atoms with Crippen molar-refractivity contribution in [1.82, 2.24) is 15.6 Å². The lowest BCUT2D eigenvalue weighted by atomic mass is 9.93. The number of guanidine groups is 1. The summed E-state index contributed by atoms with van der Waals surface area (Å²) in [5, 5.41) is 10.1. The van der Waals surface area contributed by atoms with Gasteiger partial charge in [-0.25, -0.2) is 4.98 Å². The topological polar surface area (TPSA) is 49.3 Å². The van der Waals surface area contributed by atoms with E-state index >= 15 is 0 Å². The van der Waals surface area contributed by atoms with E-state index in [4.69, 9.17) is 4.98 Å². The predicted molar refractivity (Wildman–Crippen MR) is 122 cm³/mol. The third-order valence-electron chi connectivity index (χ3n) is 4.78. The van der Waals surface area contributed by atoms with Crippen molar-refractivity contribution in [2.24, 2.45) is 4.99 Å². The zero-order valence-corrected chi connectivity index (χ0v) is 19.2. The van der Waals surface area contributed by atoms with Crippen LogP contribution in [0.5, 0.6) is 0 Å². The highest BCUT2D eigenvalue weighted by Gasteiger charge is 2.43. The second-order valence-electron chi connectivity index (χ2n) is 7.80. The minimum absolute atomic E-state index is 0. The van der Waals surface area contributed by atoms with E-state index in [9.17, 15) is 0 Å². The summed E-state index contributed by atoms with van der Waals surface area (Å²) in [5.41, 5.74) is 2.95. The van der Waals surface area contributed by atoms with Gasteiger partial charge in [-0.2, -0.15) is 0 Å². The summed E-state index contributed by atoms with van der Waals surface area (Å²) < 4.78 is 0. The minimum atomic E-state index is 0. The van der Waals surface area contributed by atoms with Crippen molar-refractivity contribution in [2.45, 2.75) is 51.0 Å². The Morgan fingerprint density at radius 3 is 2.42 bits per heavy atom. The first-order chi connectivity index (χ1) is 11.9. The second-order valence-corrected chi connectivity index (χ2v) is 8.74. The molecule has 3 rings (SSSR count). The van der Waals surface area contributed by atoms with Gasteiger partial charge in [0, 0.05) is 29.8 Å². The van der Waals surface area contributed by atoms with E-state index in [0.717, 1.165) is 23.2 Å². The first-order valence-corrected chi connectivity index (χ1v) is 9.76. The van der Waals surface area contributed by atoms with Crippen LogP contribution in [0.1, 0.15) is 49.9 Å². The van der Waals surface area contributed by atoms with Crippen molar-refractivity contribution >= 4 is 41.3 Å². The molecule has 1 heterocycles. The van der Waals surface area contributed by atoms with Gasteiger partial charge < -0.3 is 10.6 Å². The molecule has 4 nitrogen and oxygen atoms in total. The smallest absolute Gasteiger partial charge is 0.191 e. The SMILES string of the molecule is CN=C(NCc1nc(C(C)(C)C)cs1)NCC1(c2ccccc2)CC1.I. The lowest BCUT2D eigenvalue weighted by Gasteiger charge is -2.19. The van der Waals surface area contributed by atoms with Crippen LogP contribution in [0.2, 0.25) is 0 Å². The number of rotatable bonds is 5. The number of nitrogens with one attached hydrogen (secondary N) is 2. The first kappa shape index (κ1) is 21.2. The Balaban J connectivity index is 0.00000243. The van der Waals surface area contributed by atoms with Gasteiger partial charge in [-0.1, -0.05) is 51.1 Å². The molecule has 0 unspecified atom stereocenters. The fourth-order valence-corrected chi connectivity index (χ4v) is 3.84. The van der Waals surface area contributed by atoms with Crippen molar-refractivity contribution in [2.75, 3.05) is 13.6 Å². The molecule has 1 fully saturated rings. The molecule has 2 N–H and O–H groups in total. The summed E-state index contributed by atoms with van der Waals surface area (Å²) in [4.78, 5) is 9.08. The zero-order chi connectivity index (χ0) is 17.9. The molecule has 1 aliphatic rings. The highest BCUT2D eigenvalue weighted by Crippen LogP contribution is 2.47. The van der Waals surface area contributed by atoms with Crippen LogP contribution in [-0.4, -0.2) is 24.5 Å². The molecule has 0 saturated heterocycles. The average Bonchev–Trinajstić information content (AvgIpc) is 3.23. The number of halogens is 1. The number of hydrogen-bond donors (Lipinski definition) is 2. The molecule has 1 aromatic carbocycles. The van der Waals surface area contributed by atoms with Gasteiger partial charge in [0.1, 0.15) is 5.01 Å². The summed E-state index contributed by atoms with van der Waals surface area (Å²) in [7, 11) is 1.82. The maximum atomic E-state index is 4.73. The summed E-state index contributed by atoms with van der Waals surface area (Å²) >= 11 is 1.71. The van der Waals surface area contributed by atoms with E-state index < -0.39 is 0 Å². The van der Waals surface area contributed by atoms with E-state index in [2.05, 4.69) is 72.1 Å². The van der Waals surface area contributed by atoms with Crippen molar-refractivity contribution in [1.29, 1.82) is 0 Å². The predicted octanol–water partition coefficient (Wildman–Crippen LogP) is 4.46. The largest absolute Gasteiger partial charge is 0.356 e. The van der Waals surface area contributed by atoms with Crippen molar-refractivity contribution in [3.05, 3.63) is 52.0 Å². The molecule has 1 aromatic heterocycles. The fraction of sp³-hybridized carbons (Fsp3) is 0.500. The molecular formula is C20H29IN4S. The summed E-state index contributed by atoms with van der Waals surface area (Å²) in [6, 6.07) is 10.8. The second kappa shape index (κ2) is 8.69. The van der Waals surface area contributed by atoms with Gasteiger partial charge in [-0.3, -0.25) is 4.99 Å². The molecule has 2 aromatic rings. The Bertz CT molecular complexity index is 730. The maximum absolute atomic E-state index is 4.73. The van der Waals surface area contributed by atoms with E-state index in [1.165, 1.54) is 18.4 Å². The standard InChI is InChI=1S/C20H28N4S.HI/c1-19(2,3)16-13-25-17(24-16)12-22-18(21-4)23-14-20(10-11-20)15-8-6-5-7-9-15;/h5-9,13H,10-12,14H2,1-4H3,(H2,21,22,23);1H. The Labute approximate surface area is 177 Å². The molecular weight excluding hydrogens is 455 g/mol. The van der Waals surface area contributed by atoms with E-state index in [1.54, 1.807) is 11.3 Å². The highest BCUT2D eigenvalue weighted by molar-refractivity contribution is 14.0. The Morgan fingerprint density at radius 2 is 1.88 bits per heavy atom. The Morgan fingerprint density at radius 1 is 1.19 bits per heavy atom. The number of thiazole rings is 1. The molecule has 142 valence electrons. The third-order valence-corrected chi connectivity index (χ3v) is 5.63. The Hall–Kier alpha value is -1.15. The maximum Gasteiger partial charge on any atom is 0.191 e. The Kier molecular flexibility index (Phi) is 7.07. The van der Waals surface area contributed by atoms with Gasteiger partial charge in [0.15, 0.2) is 5.96 Å². The molecule has 0 amide bonds. The third kappa shape index (κ3) is 5.19. The molecule has 26 heavy (non-hydrogen) atoms. The molecule has 6 heteroatoms. The number of benzene rings is 1. The monoisotopic (exact) mass is 484 g/mol. The van der Waals surface area contributed by atoms with Gasteiger partial charge in [-0.15, -0.1) is 35.3 Å². The van der Waals surface area contributed by atoms with Crippen LogP contribution in [0.3, 0.4) is 0 Å². The first-order valence-electron chi connectivity index (χ1n) is 8.88.